The number of nitrogens with zero attached hydrogens (tertiary/aromatic N) is 6. The number of benzene rings is 4. The van der Waals surface area contributed by atoms with Crippen molar-refractivity contribution in [2.45, 2.75) is 116 Å². The van der Waals surface area contributed by atoms with Crippen LogP contribution in [0.15, 0.2) is 183 Å². The fourth-order valence-corrected chi connectivity index (χ4v) is 14.4. The van der Waals surface area contributed by atoms with Crippen LogP contribution in [0.3, 0.4) is 0 Å². The molecule has 0 bridgehead atoms. The van der Waals surface area contributed by atoms with Gasteiger partial charge in [0.05, 0.1) is 17.4 Å². The largest absolute Gasteiger partial charge is 2.00 e. The Labute approximate surface area is 575 Å². The molecule has 2 aliphatic carbocycles. The predicted molar refractivity (Wildman–Crippen MR) is 355 cm³/mol. The molecule has 0 fully saturated rings. The van der Waals surface area contributed by atoms with Crippen molar-refractivity contribution in [2.75, 3.05) is 0 Å². The minimum Gasteiger partial charge on any atom is -0.753 e. The molecule has 6 heterocycles. The number of carbonyl (C=O) groups is 1. The van der Waals surface area contributed by atoms with E-state index in [1.165, 1.54) is 192 Å². The van der Waals surface area contributed by atoms with Crippen LogP contribution < -0.4 is 42.8 Å². The number of isothiocyanates is 1. The van der Waals surface area contributed by atoms with Crippen LogP contribution in [0.25, 0.3) is 92.2 Å². The van der Waals surface area contributed by atoms with Crippen LogP contribution in [0.1, 0.15) is 137 Å². The molecule has 0 radical (unpaired) electrons. The number of thiophene rings is 2. The molecule has 15 heteroatoms. The fraction of sp³-hybridized carbons (Fsp3) is 0.247. The average Bonchev–Trinajstić information content (AvgIpc) is 1.61. The zero-order valence-corrected chi connectivity index (χ0v) is 55.8. The van der Waals surface area contributed by atoms with Gasteiger partial charge in [-0.25, -0.2) is 5.26 Å². The maximum absolute atomic E-state index is 10.6. The first kappa shape index (κ1) is 70.8. The van der Waals surface area contributed by atoms with Gasteiger partial charge < -0.3 is 32.9 Å². The third kappa shape index (κ3) is 15.6. The molecule has 12 rings (SSSR count). The number of carboxylic acid groups (broad SMARTS) is 1. The van der Waals surface area contributed by atoms with Gasteiger partial charge in [0.2, 0.25) is 0 Å². The number of thiocarbonyl (C=S) groups is 1. The van der Waals surface area contributed by atoms with Gasteiger partial charge >= 0.3 is 57.2 Å². The summed E-state index contributed by atoms with van der Waals surface area (Å²) in [5.74, 6) is -1.22. The Hall–Kier alpha value is -6.32. The van der Waals surface area contributed by atoms with Crippen molar-refractivity contribution < 1.29 is 67.1 Å². The number of carbonyl (C=O) groups excluding carboxylic acids is 1. The van der Waals surface area contributed by atoms with Crippen molar-refractivity contribution in [1.82, 2.24) is 19.9 Å². The third-order valence-corrected chi connectivity index (χ3v) is 18.7. The Balaban J connectivity index is 0.000000439. The number of pyridine rings is 4. The molecule has 6 aromatic heterocycles. The fourth-order valence-electron chi connectivity index (χ4n) is 12.4. The molecular weight excluding hydrogens is 1240 g/mol. The number of hydrogen-bond acceptors (Lipinski definition) is 11. The third-order valence-electron chi connectivity index (χ3n) is 16.4. The van der Waals surface area contributed by atoms with Crippen LogP contribution >= 0.6 is 34.9 Å². The monoisotopic (exact) mass is 1300 g/mol. The van der Waals surface area contributed by atoms with E-state index in [0.29, 0.717) is 11.4 Å². The van der Waals surface area contributed by atoms with E-state index in [4.69, 9.17) is 20.6 Å². The standard InChI is InChI=1S/C60H60N2S2.C11H7N2O2.CHNS.CNS.2Li.Ru/c1-5-9-31-59(32-10-6-2)49-19-15-13-17-45(49)47-23-21-41(37-51(47)59)55-25-27-57(63-55)43-29-35-61-53(39-43)54-40-44(30-36-62-54)58-28-26-56(64-58)42-22-24-48-46-18-14-16-20-50(46)60(33-11-7-3,34-12-8-4)52(48)38-42;14-11(15)8-4-6-13-10(7-8)9-3-1-2-5-12-9;2*2-1-3;;;/h13-30,35-40H,5-12,31-34H2,1-4H3;2-7H,(H,14,15);3H;;;;/q;-1;;-1;2*+1;+2/p-2. The smallest absolute Gasteiger partial charge is 0.753 e. The SMILES string of the molecule is CCCCC1(CCCC)c2ccccc2-c2ccc(-c3ccc(-c4ccnc(-c5cc(-c6ccc(-c7ccc8c(c7)C(CCCC)(CCCC)c7ccccc7-8)s6)ccn5)c4)s3)cc21.N#C[S-].O=C([O-])c1ccnc(-c2c[c-]ccn2)c1.[Li+].[Li+].[N-]=C=S.[Ru+2]. The summed E-state index contributed by atoms with van der Waals surface area (Å²) < 4.78 is 0. The second-order valence-electron chi connectivity index (χ2n) is 21.4. The second kappa shape index (κ2) is 34.0. The number of aromatic carboxylic acids is 1. The van der Waals surface area contributed by atoms with Gasteiger partial charge in [0.15, 0.2) is 0 Å². The molecule has 0 N–H and O–H groups in total. The molecule has 434 valence electrons. The van der Waals surface area contributed by atoms with Gasteiger partial charge in [-0.1, -0.05) is 176 Å². The van der Waals surface area contributed by atoms with E-state index in [0.717, 1.165) is 11.4 Å². The van der Waals surface area contributed by atoms with Gasteiger partial charge in [0.25, 0.3) is 0 Å². The molecule has 0 saturated heterocycles. The molecule has 0 atom stereocenters. The minimum atomic E-state index is -1.22. The first-order valence-corrected chi connectivity index (χ1v) is 31.7. The quantitative estimate of drug-likeness (QED) is 0.0193. The Morgan fingerprint density at radius 2 is 0.886 bits per heavy atom. The molecule has 88 heavy (non-hydrogen) atoms. The van der Waals surface area contributed by atoms with Gasteiger partial charge in [-0.2, -0.15) is 23.4 Å². The summed E-state index contributed by atoms with van der Waals surface area (Å²) >= 11 is 11.1. The molecular formula is C73H66Li2N6O2RuS4. The average molecular weight is 1300 g/mol. The number of unbranched alkanes of at least 4 members (excludes halogenated alkanes) is 4. The summed E-state index contributed by atoms with van der Waals surface area (Å²) in [7, 11) is 0. The van der Waals surface area contributed by atoms with Crippen LogP contribution in [0.2, 0.25) is 0 Å². The maximum atomic E-state index is 10.6. The summed E-state index contributed by atoms with van der Waals surface area (Å²) in [6.07, 6.45) is 21.5. The molecule has 2 aliphatic rings. The summed E-state index contributed by atoms with van der Waals surface area (Å²) in [6, 6.07) is 59.9. The number of nitriles is 1. The van der Waals surface area contributed by atoms with Crippen molar-refractivity contribution in [3.05, 3.63) is 222 Å². The number of fused-ring (bicyclic) bond motifs is 6. The Bertz CT molecular complexity index is 3790. The number of hydrogen-bond donors (Lipinski definition) is 0. The molecule has 0 spiro atoms. The van der Waals surface area contributed by atoms with Gasteiger partial charge in [0, 0.05) is 54.6 Å². The Morgan fingerprint density at radius 1 is 0.534 bits per heavy atom. The van der Waals surface area contributed by atoms with E-state index in [1.807, 2.05) is 35.1 Å². The normalized spacial score (nSPS) is 12.0. The zero-order valence-electron chi connectivity index (χ0n) is 50.8. The summed E-state index contributed by atoms with van der Waals surface area (Å²) in [6.45, 7) is 9.32. The van der Waals surface area contributed by atoms with Crippen molar-refractivity contribution in [1.29, 1.82) is 5.26 Å². The van der Waals surface area contributed by atoms with Crippen molar-refractivity contribution in [3.8, 4) is 92.2 Å². The summed E-state index contributed by atoms with van der Waals surface area (Å²) in [5.41, 5.74) is 20.0. The number of thiocyanates is 1. The van der Waals surface area contributed by atoms with E-state index in [2.05, 4.69) is 202 Å². The first-order valence-electron chi connectivity index (χ1n) is 29.2. The number of rotatable bonds is 19. The second-order valence-corrected chi connectivity index (χ2v) is 24.0. The summed E-state index contributed by atoms with van der Waals surface area (Å²) in [4.78, 5) is 33.5. The first-order chi connectivity index (χ1) is 41.6. The van der Waals surface area contributed by atoms with Crippen molar-refractivity contribution in [2.24, 2.45) is 0 Å². The molecule has 0 aliphatic heterocycles. The van der Waals surface area contributed by atoms with Crippen LogP contribution in [-0.2, 0) is 42.9 Å². The number of aromatic nitrogens is 4. The minimum absolute atomic E-state index is 0. The van der Waals surface area contributed by atoms with Gasteiger partial charge in [-0.3, -0.25) is 15.0 Å². The number of carboxylic acids is 1. The van der Waals surface area contributed by atoms with E-state index < -0.39 is 5.97 Å². The maximum Gasteiger partial charge on any atom is 2.00 e. The van der Waals surface area contributed by atoms with Gasteiger partial charge in [0.1, 0.15) is 0 Å². The van der Waals surface area contributed by atoms with E-state index in [9.17, 15) is 9.90 Å². The van der Waals surface area contributed by atoms with E-state index in [1.54, 1.807) is 18.3 Å². The Kier molecular flexibility index (Phi) is 27.4. The zero-order chi connectivity index (χ0) is 59.8. The van der Waals surface area contributed by atoms with Gasteiger partial charge in [-0.05, 0) is 176 Å². The van der Waals surface area contributed by atoms with Crippen LogP contribution in [0, 0.1) is 16.7 Å². The summed E-state index contributed by atoms with van der Waals surface area (Å²) in [5, 5.41) is 27.6. The van der Waals surface area contributed by atoms with E-state index in [-0.39, 0.29) is 73.6 Å². The van der Waals surface area contributed by atoms with E-state index >= 15 is 0 Å². The Morgan fingerprint density at radius 3 is 1.26 bits per heavy atom. The molecule has 0 unspecified atom stereocenters. The predicted octanol–water partition coefficient (Wildman–Crippen LogP) is 13.2. The molecule has 0 saturated carbocycles. The van der Waals surface area contributed by atoms with Crippen molar-refractivity contribution >= 4 is 58.7 Å². The molecule has 4 aromatic carbocycles. The van der Waals surface area contributed by atoms with Crippen molar-refractivity contribution in [3.63, 3.8) is 0 Å². The van der Waals surface area contributed by atoms with Gasteiger partial charge in [-0.15, -0.1) is 22.7 Å². The van der Waals surface area contributed by atoms with Crippen LogP contribution in [0.5, 0.6) is 0 Å². The molecule has 0 amide bonds. The molecule has 8 nitrogen and oxygen atoms in total. The topological polar surface area (TPSA) is 138 Å². The van der Waals surface area contributed by atoms with Crippen LogP contribution in [-0.4, -0.2) is 31.1 Å². The molecule has 10 aromatic rings. The van der Waals surface area contributed by atoms with Crippen LogP contribution in [0.4, 0.5) is 0 Å².